The number of benzene rings is 2. The zero-order valence-electron chi connectivity index (χ0n) is 12.8. The van der Waals surface area contributed by atoms with Gasteiger partial charge in [-0.25, -0.2) is 5.43 Å². The van der Waals surface area contributed by atoms with Gasteiger partial charge < -0.3 is 15.3 Å². The van der Waals surface area contributed by atoms with Gasteiger partial charge in [-0.3, -0.25) is 0 Å². The summed E-state index contributed by atoms with van der Waals surface area (Å²) < 4.78 is 5.69. The lowest BCUT2D eigenvalue weighted by Crippen LogP contribution is -2.26. The molecule has 114 valence electrons. The molecule has 0 amide bonds. The topological polar surface area (TPSA) is 53.5 Å². The fourth-order valence-electron chi connectivity index (χ4n) is 2.62. The molecule has 0 saturated carbocycles. The van der Waals surface area contributed by atoms with Crippen LogP contribution in [0.1, 0.15) is 29.7 Å². The average molecular weight is 296 g/mol. The molecule has 0 fully saturated rings. The fraction of sp³-hybridized carbons (Fsp3) is 0.222. The fourth-order valence-corrected chi connectivity index (χ4v) is 2.62. The highest BCUT2D eigenvalue weighted by Crippen LogP contribution is 2.33. The predicted octanol–water partition coefficient (Wildman–Crippen LogP) is 3.29. The van der Waals surface area contributed by atoms with Crippen LogP contribution < -0.4 is 15.6 Å². The molecule has 1 unspecified atom stereocenters. The zero-order valence-corrected chi connectivity index (χ0v) is 12.8. The molecule has 2 aromatic rings. The lowest BCUT2D eigenvalue weighted by atomic mass is 10.0. The smallest absolute Gasteiger partial charge is 0.124 e. The van der Waals surface area contributed by atoms with Crippen LogP contribution in [0.15, 0.2) is 48.5 Å². The van der Waals surface area contributed by atoms with E-state index in [-0.39, 0.29) is 11.8 Å². The molecule has 4 nitrogen and oxygen atoms in total. The molecular weight excluding hydrogens is 276 g/mol. The van der Waals surface area contributed by atoms with E-state index in [1.165, 1.54) is 0 Å². The van der Waals surface area contributed by atoms with Gasteiger partial charge in [0, 0.05) is 11.1 Å². The summed E-state index contributed by atoms with van der Waals surface area (Å²) in [5.41, 5.74) is 10.2. The number of nitrogens with one attached hydrogen (secondary N) is 2. The Hall–Kier alpha value is -2.46. The summed E-state index contributed by atoms with van der Waals surface area (Å²) in [6, 6.07) is 13.5. The maximum Gasteiger partial charge on any atom is 0.124 e. The van der Waals surface area contributed by atoms with Crippen molar-refractivity contribution in [1.29, 1.82) is 0 Å². The number of hydrogen-bond donors (Lipinski definition) is 3. The van der Waals surface area contributed by atoms with Gasteiger partial charge in [0.25, 0.3) is 0 Å². The van der Waals surface area contributed by atoms with Crippen molar-refractivity contribution >= 4 is 5.70 Å². The van der Waals surface area contributed by atoms with E-state index in [4.69, 9.17) is 4.74 Å². The molecule has 0 aliphatic carbocycles. The van der Waals surface area contributed by atoms with Crippen molar-refractivity contribution in [2.45, 2.75) is 19.9 Å². The van der Waals surface area contributed by atoms with Crippen LogP contribution in [-0.4, -0.2) is 11.7 Å². The molecular formula is C18H20N2O2. The molecule has 2 aromatic carbocycles. The van der Waals surface area contributed by atoms with Crippen LogP contribution in [0.4, 0.5) is 0 Å². The van der Waals surface area contributed by atoms with Crippen molar-refractivity contribution in [1.82, 2.24) is 10.9 Å². The first-order valence-electron chi connectivity index (χ1n) is 7.44. The first-order valence-corrected chi connectivity index (χ1v) is 7.44. The van der Waals surface area contributed by atoms with Gasteiger partial charge in [-0.15, -0.1) is 0 Å². The molecule has 0 radical (unpaired) electrons. The van der Waals surface area contributed by atoms with Gasteiger partial charge in [-0.2, -0.15) is 0 Å². The van der Waals surface area contributed by atoms with Crippen LogP contribution in [0.3, 0.4) is 0 Å². The van der Waals surface area contributed by atoms with E-state index in [0.717, 1.165) is 28.1 Å². The Balaban J connectivity index is 1.93. The Labute approximate surface area is 130 Å². The first kappa shape index (κ1) is 14.5. The van der Waals surface area contributed by atoms with Crippen molar-refractivity contribution in [2.75, 3.05) is 6.61 Å². The van der Waals surface area contributed by atoms with Gasteiger partial charge >= 0.3 is 0 Å². The van der Waals surface area contributed by atoms with Crippen LogP contribution >= 0.6 is 0 Å². The van der Waals surface area contributed by atoms with Crippen molar-refractivity contribution in [3.05, 3.63) is 65.2 Å². The van der Waals surface area contributed by atoms with Crippen molar-refractivity contribution in [2.24, 2.45) is 0 Å². The van der Waals surface area contributed by atoms with E-state index in [1.54, 1.807) is 6.07 Å². The highest BCUT2D eigenvalue weighted by atomic mass is 16.5. The summed E-state index contributed by atoms with van der Waals surface area (Å²) in [6.07, 6.45) is 2.06. The van der Waals surface area contributed by atoms with Crippen LogP contribution in [0.2, 0.25) is 0 Å². The van der Waals surface area contributed by atoms with Gasteiger partial charge in [0.05, 0.1) is 18.3 Å². The van der Waals surface area contributed by atoms with Crippen LogP contribution in [0, 0.1) is 6.92 Å². The van der Waals surface area contributed by atoms with Crippen molar-refractivity contribution in [3.63, 3.8) is 0 Å². The minimum Gasteiger partial charge on any atom is -0.507 e. The lowest BCUT2D eigenvalue weighted by molar-refractivity contribution is 0.334. The summed E-state index contributed by atoms with van der Waals surface area (Å²) in [5.74, 6) is 1.14. The monoisotopic (exact) mass is 296 g/mol. The Morgan fingerprint density at radius 2 is 2.00 bits per heavy atom. The molecule has 1 atom stereocenters. The summed E-state index contributed by atoms with van der Waals surface area (Å²) >= 11 is 0. The molecule has 1 aliphatic heterocycles. The third-order valence-electron chi connectivity index (χ3n) is 3.69. The number of phenolic OH excluding ortho intramolecular Hbond substituents is 1. The summed E-state index contributed by atoms with van der Waals surface area (Å²) in [6.45, 7) is 4.61. The second kappa shape index (κ2) is 6.12. The SMILES string of the molecule is CCOc1ccccc1C1C=C(c2cc(C)ccc2O)NN1. The number of rotatable bonds is 4. The number of aromatic hydroxyl groups is 1. The van der Waals surface area contributed by atoms with E-state index in [2.05, 4.69) is 16.9 Å². The van der Waals surface area contributed by atoms with E-state index >= 15 is 0 Å². The van der Waals surface area contributed by atoms with Gasteiger partial charge in [-0.05, 0) is 38.1 Å². The lowest BCUT2D eigenvalue weighted by Gasteiger charge is -2.14. The van der Waals surface area contributed by atoms with Gasteiger partial charge in [0.15, 0.2) is 0 Å². The average Bonchev–Trinajstić information content (AvgIpc) is 3.00. The van der Waals surface area contributed by atoms with Crippen molar-refractivity contribution < 1.29 is 9.84 Å². The summed E-state index contributed by atoms with van der Waals surface area (Å²) in [7, 11) is 0. The Morgan fingerprint density at radius 1 is 1.18 bits per heavy atom. The summed E-state index contributed by atoms with van der Waals surface area (Å²) in [4.78, 5) is 0. The molecule has 0 spiro atoms. The molecule has 0 aromatic heterocycles. The Morgan fingerprint density at radius 3 is 2.82 bits per heavy atom. The first-order chi connectivity index (χ1) is 10.7. The molecule has 3 N–H and O–H groups in total. The van der Waals surface area contributed by atoms with Gasteiger partial charge in [0.1, 0.15) is 11.5 Å². The number of hydrazine groups is 1. The quantitative estimate of drug-likeness (QED) is 0.810. The van der Waals surface area contributed by atoms with E-state index in [9.17, 15) is 5.11 Å². The molecule has 0 saturated heterocycles. The van der Waals surface area contributed by atoms with Crippen molar-refractivity contribution in [3.8, 4) is 11.5 Å². The molecule has 4 heteroatoms. The van der Waals surface area contributed by atoms with E-state index in [1.807, 2.05) is 50.2 Å². The van der Waals surface area contributed by atoms with E-state index in [0.29, 0.717) is 6.61 Å². The maximum atomic E-state index is 10.1. The number of aryl methyl sites for hydroxylation is 1. The Bertz CT molecular complexity index is 710. The standard InChI is InChI=1S/C18H20N2O2/c1-3-22-18-7-5-4-6-13(18)15-11-16(20-19-15)14-10-12(2)8-9-17(14)21/h4-11,15,19-21H,3H2,1-2H3. The molecule has 22 heavy (non-hydrogen) atoms. The molecule has 1 aliphatic rings. The third-order valence-corrected chi connectivity index (χ3v) is 3.69. The Kier molecular flexibility index (Phi) is 4.02. The van der Waals surface area contributed by atoms with Gasteiger partial charge in [-0.1, -0.05) is 29.8 Å². The second-order valence-electron chi connectivity index (χ2n) is 5.32. The summed E-state index contributed by atoms with van der Waals surface area (Å²) in [5, 5.41) is 10.1. The predicted molar refractivity (Wildman–Crippen MR) is 87.4 cm³/mol. The minimum atomic E-state index is -0.00216. The van der Waals surface area contributed by atoms with Crippen LogP contribution in [-0.2, 0) is 0 Å². The highest BCUT2D eigenvalue weighted by molar-refractivity contribution is 5.71. The number of ether oxygens (including phenoxy) is 1. The normalized spacial score (nSPS) is 17.0. The molecule has 0 bridgehead atoms. The van der Waals surface area contributed by atoms with Crippen LogP contribution in [0.5, 0.6) is 11.5 Å². The van der Waals surface area contributed by atoms with Gasteiger partial charge in [0.2, 0.25) is 0 Å². The number of para-hydroxylation sites is 1. The molecule has 3 rings (SSSR count). The largest absolute Gasteiger partial charge is 0.507 e. The number of phenols is 1. The highest BCUT2D eigenvalue weighted by Gasteiger charge is 2.21. The van der Waals surface area contributed by atoms with E-state index < -0.39 is 0 Å². The second-order valence-corrected chi connectivity index (χ2v) is 5.32. The third kappa shape index (κ3) is 2.78. The minimum absolute atomic E-state index is 0.00216. The maximum absolute atomic E-state index is 10.1. The van der Waals surface area contributed by atoms with Crippen LogP contribution in [0.25, 0.3) is 5.70 Å². The molecule has 1 heterocycles. The number of hydrogen-bond acceptors (Lipinski definition) is 4. The zero-order chi connectivity index (χ0) is 15.5.